The second-order valence-electron chi connectivity index (χ2n) is 15.3. The summed E-state index contributed by atoms with van der Waals surface area (Å²) in [6.45, 7) is 4.22. The largest absolute Gasteiger partial charge is 0.459 e. The molecule has 1 aliphatic heterocycles. The van der Waals surface area contributed by atoms with Crippen LogP contribution < -0.4 is 14.2 Å². The molecule has 0 radical (unpaired) electrons. The van der Waals surface area contributed by atoms with E-state index in [2.05, 4.69) is 23.9 Å². The molecular formula is C46H51N3O10. The molecule has 0 bridgehead atoms. The van der Waals surface area contributed by atoms with Crippen molar-refractivity contribution in [1.82, 2.24) is 4.90 Å². The highest BCUT2D eigenvalue weighted by molar-refractivity contribution is 6.03. The second kappa shape index (κ2) is 18.4. The van der Waals surface area contributed by atoms with Crippen LogP contribution in [0.25, 0.3) is 10.8 Å². The Morgan fingerprint density at radius 3 is 2.37 bits per heavy atom. The number of aliphatic hydroxyl groups is 2. The molecule has 310 valence electrons. The zero-order valence-electron chi connectivity index (χ0n) is 33.4. The molecule has 0 spiro atoms. The number of nitrogens with zero attached hydrogens (tertiary/aromatic N) is 3. The van der Waals surface area contributed by atoms with Crippen LogP contribution in [0.2, 0.25) is 0 Å². The van der Waals surface area contributed by atoms with Gasteiger partial charge in [0.1, 0.15) is 36.1 Å². The topological polar surface area (TPSA) is 162 Å². The number of ether oxygens (including phenoxy) is 4. The highest BCUT2D eigenvalue weighted by Gasteiger charge is 2.65. The van der Waals surface area contributed by atoms with Crippen LogP contribution in [-0.4, -0.2) is 77.6 Å². The third-order valence-electron chi connectivity index (χ3n) is 11.8. The first-order valence-corrected chi connectivity index (χ1v) is 20.2. The van der Waals surface area contributed by atoms with E-state index < -0.39 is 28.8 Å². The lowest BCUT2D eigenvalue weighted by Gasteiger charge is -2.59. The van der Waals surface area contributed by atoms with Gasteiger partial charge in [-0.1, -0.05) is 60.5 Å². The van der Waals surface area contributed by atoms with Crippen LogP contribution in [0.1, 0.15) is 56.4 Å². The molecule has 1 fully saturated rings. The lowest BCUT2D eigenvalue weighted by molar-refractivity contribution is -0.384. The number of non-ortho nitro benzene ring substituents is 1. The molecule has 0 unspecified atom stereocenters. The number of fused-ring (bicyclic) bond motifs is 3. The minimum Gasteiger partial charge on any atom is -0.459 e. The number of amides is 1. The molecule has 2 N–H and O–H groups in total. The smallest absolute Gasteiger partial charge is 0.415 e. The number of rotatable bonds is 17. The van der Waals surface area contributed by atoms with Crippen LogP contribution >= 0.6 is 0 Å². The van der Waals surface area contributed by atoms with Gasteiger partial charge in [0.15, 0.2) is 0 Å². The first-order valence-electron chi connectivity index (χ1n) is 20.2. The first kappa shape index (κ1) is 41.4. The maximum absolute atomic E-state index is 14.1. The van der Waals surface area contributed by atoms with Crippen molar-refractivity contribution in [2.45, 2.75) is 62.7 Å². The van der Waals surface area contributed by atoms with Gasteiger partial charge in [0.2, 0.25) is 5.79 Å². The summed E-state index contributed by atoms with van der Waals surface area (Å²) in [5.41, 5.74) is 2.32. The fraction of sp³-hybridized carbons (Fsp3) is 0.391. The number of hydrogen-bond acceptors (Lipinski definition) is 11. The Kier molecular flexibility index (Phi) is 12.9. The van der Waals surface area contributed by atoms with Crippen LogP contribution in [0, 0.1) is 27.9 Å². The summed E-state index contributed by atoms with van der Waals surface area (Å²) >= 11 is 0. The van der Waals surface area contributed by atoms with E-state index in [9.17, 15) is 25.1 Å². The van der Waals surface area contributed by atoms with E-state index in [1.165, 1.54) is 36.3 Å². The minimum atomic E-state index is -1.47. The molecule has 7 rings (SSSR count). The van der Waals surface area contributed by atoms with E-state index in [0.717, 1.165) is 47.6 Å². The summed E-state index contributed by atoms with van der Waals surface area (Å²) in [6.07, 6.45) is 7.85. The van der Waals surface area contributed by atoms with Gasteiger partial charge in [-0.2, -0.15) is 0 Å². The number of carbonyl (C=O) groups excluding carboxylic acids is 1. The normalized spacial score (nSPS) is 23.6. The molecule has 4 aromatic rings. The molecule has 1 saturated carbocycles. The zero-order valence-corrected chi connectivity index (χ0v) is 33.4. The Balaban J connectivity index is 1.36. The lowest BCUT2D eigenvalue weighted by Crippen LogP contribution is -2.69. The first-order chi connectivity index (χ1) is 28.7. The number of carbonyl (C=O) groups is 1. The van der Waals surface area contributed by atoms with Crippen molar-refractivity contribution in [2.75, 3.05) is 34.0 Å². The highest BCUT2D eigenvalue weighted by atomic mass is 16.7. The number of oxime groups is 1. The number of allylic oxidation sites excluding steroid dienone is 1. The van der Waals surface area contributed by atoms with E-state index in [-0.39, 0.29) is 55.4 Å². The molecule has 0 saturated heterocycles. The maximum Gasteiger partial charge on any atom is 0.415 e. The molecule has 3 aliphatic rings. The molecule has 1 amide bonds. The summed E-state index contributed by atoms with van der Waals surface area (Å²) < 4.78 is 26.4. The van der Waals surface area contributed by atoms with Crippen LogP contribution in [-0.2, 0) is 9.57 Å². The summed E-state index contributed by atoms with van der Waals surface area (Å²) in [5, 5.41) is 37.7. The summed E-state index contributed by atoms with van der Waals surface area (Å²) in [4.78, 5) is 31.8. The molecule has 1 heterocycles. The van der Waals surface area contributed by atoms with Crippen molar-refractivity contribution in [2.24, 2.45) is 22.9 Å². The molecule has 0 aromatic heterocycles. The van der Waals surface area contributed by atoms with Crippen LogP contribution in [0.5, 0.6) is 23.0 Å². The van der Waals surface area contributed by atoms with Gasteiger partial charge in [0, 0.05) is 50.3 Å². The lowest BCUT2D eigenvalue weighted by atomic mass is 9.55. The standard InChI is InChI=1S/C46H51N3O10/c1-4-25-56-46-42(48(2)45(52)58-34-19-16-33(17-20-34)49(53)54)29-40(47-55-3)38-27-32(13-7-9-23-50)37(14-8-10-24-51)43(44(38)46)39-28-36(21-22-41(39)59-46)57-35-18-15-30-11-5-6-12-31(30)26-35/h4-6,11-12,15-22,26-28,32,37,42-44,50-51H,1,7-10,13-14,23-25,29H2,2-3H3/t32-,37+,42-,43+,44+,46+/m0/s1. The van der Waals surface area contributed by atoms with Crippen molar-refractivity contribution in [3.05, 3.63) is 125 Å². The number of hydrogen-bond donors (Lipinski definition) is 2. The highest BCUT2D eigenvalue weighted by Crippen LogP contribution is 2.62. The number of aliphatic hydroxyl groups excluding tert-OH is 2. The van der Waals surface area contributed by atoms with E-state index in [4.69, 9.17) is 23.8 Å². The molecule has 4 aromatic carbocycles. The van der Waals surface area contributed by atoms with Gasteiger partial charge in [-0.3, -0.25) is 10.1 Å². The number of unbranched alkanes of at least 4 members (excludes halogenated alkanes) is 2. The van der Waals surface area contributed by atoms with Crippen molar-refractivity contribution < 1.29 is 43.7 Å². The fourth-order valence-corrected chi connectivity index (χ4v) is 9.20. The SMILES string of the molecule is C=CCO[C@@]12Oc3ccc(Oc4ccc5ccccc5c4)cc3[C@H]3[C@H](CCCCO)[C@@H](CCCCO)C=C(C(=NOC)C[C@@H]1N(C)C(=O)Oc1ccc([N+](=O)[O-])cc1)[C@H]32. The maximum atomic E-state index is 14.1. The van der Waals surface area contributed by atoms with Crippen molar-refractivity contribution >= 4 is 28.3 Å². The summed E-state index contributed by atoms with van der Waals surface area (Å²) in [6, 6.07) is 24.4. The molecule has 13 heteroatoms. The Morgan fingerprint density at radius 2 is 1.66 bits per heavy atom. The number of nitro groups is 1. The number of nitro benzene ring substituents is 1. The van der Waals surface area contributed by atoms with Gasteiger partial charge >= 0.3 is 6.09 Å². The third kappa shape index (κ3) is 8.54. The predicted octanol–water partition coefficient (Wildman–Crippen LogP) is 8.93. The second-order valence-corrected chi connectivity index (χ2v) is 15.3. The monoisotopic (exact) mass is 805 g/mol. The van der Waals surface area contributed by atoms with Gasteiger partial charge in [0.25, 0.3) is 5.69 Å². The summed E-state index contributed by atoms with van der Waals surface area (Å²) in [5.74, 6) is -0.104. The predicted molar refractivity (Wildman–Crippen MR) is 223 cm³/mol. The van der Waals surface area contributed by atoms with E-state index in [0.29, 0.717) is 35.8 Å². The average Bonchev–Trinajstić information content (AvgIpc) is 3.24. The average molecular weight is 806 g/mol. The molecule has 59 heavy (non-hydrogen) atoms. The quantitative estimate of drug-likeness (QED) is 0.0456. The van der Waals surface area contributed by atoms with E-state index >= 15 is 0 Å². The zero-order chi connectivity index (χ0) is 41.5. The van der Waals surface area contributed by atoms with Gasteiger partial charge in [0.05, 0.1) is 23.2 Å². The van der Waals surface area contributed by atoms with Crippen LogP contribution in [0.15, 0.2) is 114 Å². The van der Waals surface area contributed by atoms with Gasteiger partial charge in [-0.25, -0.2) is 4.79 Å². The Labute approximate surface area is 343 Å². The van der Waals surface area contributed by atoms with Gasteiger partial charge in [-0.15, -0.1) is 6.58 Å². The molecule has 6 atom stereocenters. The van der Waals surface area contributed by atoms with Crippen LogP contribution in [0.3, 0.4) is 0 Å². The van der Waals surface area contributed by atoms with Crippen molar-refractivity contribution in [3.8, 4) is 23.0 Å². The summed E-state index contributed by atoms with van der Waals surface area (Å²) in [7, 11) is 3.11. The number of likely N-dealkylation sites (N-methyl/N-ethyl adjacent to an activating group) is 1. The van der Waals surface area contributed by atoms with Gasteiger partial charge < -0.3 is 38.9 Å². The Hall–Kier alpha value is -5.76. The van der Waals surface area contributed by atoms with Crippen molar-refractivity contribution in [3.63, 3.8) is 0 Å². The van der Waals surface area contributed by atoms with Gasteiger partial charge in [-0.05, 0) is 96.3 Å². The van der Waals surface area contributed by atoms with E-state index in [1.807, 2.05) is 54.6 Å². The Morgan fingerprint density at radius 1 is 0.966 bits per heavy atom. The molecular weight excluding hydrogens is 755 g/mol. The Bertz CT molecular complexity index is 2210. The minimum absolute atomic E-state index is 0.0270. The molecule has 2 aliphatic carbocycles. The van der Waals surface area contributed by atoms with Crippen molar-refractivity contribution in [1.29, 1.82) is 0 Å². The van der Waals surface area contributed by atoms with E-state index in [1.54, 1.807) is 13.1 Å². The fourth-order valence-electron chi connectivity index (χ4n) is 9.20. The third-order valence-corrected chi connectivity index (χ3v) is 11.8. The molecule has 13 nitrogen and oxygen atoms in total. The van der Waals surface area contributed by atoms with Crippen LogP contribution in [0.4, 0.5) is 10.5 Å². The number of benzene rings is 4.